The fourth-order valence-electron chi connectivity index (χ4n) is 2.80. The van der Waals surface area contributed by atoms with Crippen LogP contribution in [0.3, 0.4) is 0 Å². The number of carbonyl (C=O) groups excluding carboxylic acids is 1. The summed E-state index contributed by atoms with van der Waals surface area (Å²) < 4.78 is 0. The third-order valence-corrected chi connectivity index (χ3v) is 4.05. The molecule has 2 fully saturated rings. The first-order valence-electron chi connectivity index (χ1n) is 7.04. The van der Waals surface area contributed by atoms with E-state index in [2.05, 4.69) is 10.2 Å². The number of amides is 1. The van der Waals surface area contributed by atoms with Crippen LogP contribution in [0.5, 0.6) is 0 Å². The van der Waals surface area contributed by atoms with E-state index < -0.39 is 11.9 Å². The average molecular weight is 274 g/mol. The number of carboxylic acid groups (broad SMARTS) is 1. The number of rotatable bonds is 4. The van der Waals surface area contributed by atoms with Crippen LogP contribution < -0.4 is 10.2 Å². The molecule has 106 valence electrons. The summed E-state index contributed by atoms with van der Waals surface area (Å²) in [7, 11) is 0. The number of nitrogens with one attached hydrogen (secondary N) is 1. The summed E-state index contributed by atoms with van der Waals surface area (Å²) in [5, 5.41) is 11.8. The largest absolute Gasteiger partial charge is 0.481 e. The van der Waals surface area contributed by atoms with E-state index >= 15 is 0 Å². The molecule has 2 atom stereocenters. The Morgan fingerprint density at radius 3 is 2.50 bits per heavy atom. The van der Waals surface area contributed by atoms with Gasteiger partial charge in [-0.25, -0.2) is 0 Å². The summed E-state index contributed by atoms with van der Waals surface area (Å²) >= 11 is 0. The second-order valence-electron chi connectivity index (χ2n) is 5.49. The first kappa shape index (κ1) is 13.0. The van der Waals surface area contributed by atoms with Gasteiger partial charge in [-0.3, -0.25) is 9.59 Å². The molecule has 1 aromatic rings. The number of benzene rings is 1. The van der Waals surface area contributed by atoms with Crippen molar-refractivity contribution in [3.8, 4) is 0 Å². The number of carboxylic acids is 1. The zero-order valence-electron chi connectivity index (χ0n) is 11.2. The molecule has 1 aliphatic heterocycles. The summed E-state index contributed by atoms with van der Waals surface area (Å²) in [6.07, 6.45) is 2.80. The van der Waals surface area contributed by atoms with Crippen LogP contribution in [0.15, 0.2) is 24.3 Å². The molecule has 1 amide bonds. The van der Waals surface area contributed by atoms with Gasteiger partial charge in [-0.05, 0) is 31.4 Å². The lowest BCUT2D eigenvalue weighted by atomic mass is 10.2. The molecule has 1 aliphatic carbocycles. The maximum absolute atomic E-state index is 12.1. The Balaban J connectivity index is 1.71. The summed E-state index contributed by atoms with van der Waals surface area (Å²) in [4.78, 5) is 25.1. The molecular formula is C15H18N2O3. The standard InChI is InChI=1S/C15H18N2O3/c18-14(10-9-11(10)15(19)20)16-12-5-1-2-6-13(12)17-7-3-4-8-17/h1-2,5-6,10-11H,3-4,7-9H2,(H,16,18)(H,19,20)/t10-,11+/m0/s1. The number of anilines is 2. The van der Waals surface area contributed by atoms with E-state index in [0.29, 0.717) is 6.42 Å². The molecule has 20 heavy (non-hydrogen) atoms. The highest BCUT2D eigenvalue weighted by molar-refractivity contribution is 6.00. The minimum absolute atomic E-state index is 0.177. The molecule has 0 bridgehead atoms. The van der Waals surface area contributed by atoms with Gasteiger partial charge in [-0.15, -0.1) is 0 Å². The van der Waals surface area contributed by atoms with Crippen LogP contribution in [0.2, 0.25) is 0 Å². The number of aliphatic carboxylic acids is 1. The average Bonchev–Trinajstić information content (AvgIpc) is 3.08. The molecule has 0 aromatic heterocycles. The summed E-state index contributed by atoms with van der Waals surface area (Å²) in [6, 6.07) is 7.73. The molecule has 1 saturated carbocycles. The number of nitrogens with zero attached hydrogens (tertiary/aromatic N) is 1. The zero-order chi connectivity index (χ0) is 14.1. The Kier molecular flexibility index (Phi) is 3.34. The van der Waals surface area contributed by atoms with Gasteiger partial charge in [-0.2, -0.15) is 0 Å². The van der Waals surface area contributed by atoms with Gasteiger partial charge in [0.15, 0.2) is 0 Å². The number of hydrogen-bond acceptors (Lipinski definition) is 3. The van der Waals surface area contributed by atoms with Gasteiger partial charge < -0.3 is 15.3 Å². The van der Waals surface area contributed by atoms with E-state index in [1.807, 2.05) is 24.3 Å². The minimum atomic E-state index is -0.877. The molecule has 1 aromatic carbocycles. The highest BCUT2D eigenvalue weighted by Gasteiger charge is 2.48. The third kappa shape index (κ3) is 2.48. The lowest BCUT2D eigenvalue weighted by Crippen LogP contribution is -2.22. The topological polar surface area (TPSA) is 69.6 Å². The van der Waals surface area contributed by atoms with Crippen LogP contribution in [0.4, 0.5) is 11.4 Å². The molecule has 0 spiro atoms. The zero-order valence-corrected chi connectivity index (χ0v) is 11.2. The van der Waals surface area contributed by atoms with Gasteiger partial charge in [0, 0.05) is 13.1 Å². The first-order chi connectivity index (χ1) is 9.66. The van der Waals surface area contributed by atoms with E-state index in [9.17, 15) is 9.59 Å². The molecule has 1 heterocycles. The summed E-state index contributed by atoms with van der Waals surface area (Å²) in [6.45, 7) is 2.02. The van der Waals surface area contributed by atoms with Crippen molar-refractivity contribution in [2.75, 3.05) is 23.3 Å². The third-order valence-electron chi connectivity index (χ3n) is 4.05. The molecule has 2 aliphatic rings. The molecule has 0 unspecified atom stereocenters. The molecule has 5 nitrogen and oxygen atoms in total. The van der Waals surface area contributed by atoms with E-state index in [-0.39, 0.29) is 11.8 Å². The maximum Gasteiger partial charge on any atom is 0.307 e. The lowest BCUT2D eigenvalue weighted by molar-refractivity contribution is -0.139. The quantitative estimate of drug-likeness (QED) is 0.880. The molecule has 0 radical (unpaired) electrons. The number of carbonyl (C=O) groups is 2. The molecule has 1 saturated heterocycles. The lowest BCUT2D eigenvalue weighted by Gasteiger charge is -2.21. The Hall–Kier alpha value is -2.04. The van der Waals surface area contributed by atoms with E-state index in [1.54, 1.807) is 0 Å². The van der Waals surface area contributed by atoms with Gasteiger partial charge in [0.1, 0.15) is 0 Å². The van der Waals surface area contributed by atoms with Crippen molar-refractivity contribution in [2.45, 2.75) is 19.3 Å². The van der Waals surface area contributed by atoms with Crippen molar-refractivity contribution < 1.29 is 14.7 Å². The van der Waals surface area contributed by atoms with Crippen molar-refractivity contribution >= 4 is 23.3 Å². The molecular weight excluding hydrogens is 256 g/mol. The predicted octanol–water partition coefficient (Wildman–Crippen LogP) is 1.95. The van der Waals surface area contributed by atoms with Crippen molar-refractivity contribution in [1.82, 2.24) is 0 Å². The van der Waals surface area contributed by atoms with Gasteiger partial charge in [0.2, 0.25) is 5.91 Å². The smallest absolute Gasteiger partial charge is 0.307 e. The molecule has 2 N–H and O–H groups in total. The highest BCUT2D eigenvalue weighted by Crippen LogP contribution is 2.40. The monoisotopic (exact) mass is 274 g/mol. The second-order valence-corrected chi connectivity index (χ2v) is 5.49. The van der Waals surface area contributed by atoms with Crippen LogP contribution in [0.1, 0.15) is 19.3 Å². The minimum Gasteiger partial charge on any atom is -0.481 e. The highest BCUT2D eigenvalue weighted by atomic mass is 16.4. The van der Waals surface area contributed by atoms with Crippen LogP contribution in [-0.2, 0) is 9.59 Å². The first-order valence-corrected chi connectivity index (χ1v) is 7.04. The maximum atomic E-state index is 12.1. The van der Waals surface area contributed by atoms with Crippen LogP contribution in [-0.4, -0.2) is 30.1 Å². The number of para-hydroxylation sites is 2. The van der Waals surface area contributed by atoms with Crippen molar-refractivity contribution in [3.63, 3.8) is 0 Å². The Bertz CT molecular complexity index is 538. The fourth-order valence-corrected chi connectivity index (χ4v) is 2.80. The predicted molar refractivity (Wildman–Crippen MR) is 75.8 cm³/mol. The van der Waals surface area contributed by atoms with Crippen LogP contribution >= 0.6 is 0 Å². The van der Waals surface area contributed by atoms with Crippen molar-refractivity contribution in [1.29, 1.82) is 0 Å². The Labute approximate surface area is 117 Å². The summed E-state index contributed by atoms with van der Waals surface area (Å²) in [5.74, 6) is -1.94. The second kappa shape index (κ2) is 5.15. The van der Waals surface area contributed by atoms with Crippen LogP contribution in [0.25, 0.3) is 0 Å². The van der Waals surface area contributed by atoms with Gasteiger partial charge in [0.25, 0.3) is 0 Å². The van der Waals surface area contributed by atoms with Gasteiger partial charge >= 0.3 is 5.97 Å². The SMILES string of the molecule is O=C(Nc1ccccc1N1CCCC1)[C@H]1C[C@H]1C(=O)O. The van der Waals surface area contributed by atoms with E-state index in [0.717, 1.165) is 24.5 Å². The summed E-state index contributed by atoms with van der Waals surface area (Å²) in [5.41, 5.74) is 1.82. The fraction of sp³-hybridized carbons (Fsp3) is 0.467. The Morgan fingerprint density at radius 2 is 1.85 bits per heavy atom. The Morgan fingerprint density at radius 1 is 1.15 bits per heavy atom. The van der Waals surface area contributed by atoms with Crippen molar-refractivity contribution in [2.24, 2.45) is 11.8 Å². The normalized spacial score (nSPS) is 24.5. The van der Waals surface area contributed by atoms with E-state index in [1.165, 1.54) is 12.8 Å². The number of hydrogen-bond donors (Lipinski definition) is 2. The van der Waals surface area contributed by atoms with Gasteiger partial charge in [0.05, 0.1) is 23.2 Å². The van der Waals surface area contributed by atoms with E-state index in [4.69, 9.17) is 5.11 Å². The molecule has 3 rings (SSSR count). The molecule has 5 heteroatoms. The van der Waals surface area contributed by atoms with Gasteiger partial charge in [-0.1, -0.05) is 12.1 Å². The van der Waals surface area contributed by atoms with Crippen molar-refractivity contribution in [3.05, 3.63) is 24.3 Å². The van der Waals surface area contributed by atoms with Crippen LogP contribution in [0, 0.1) is 11.8 Å².